The van der Waals surface area contributed by atoms with Crippen LogP contribution in [0.25, 0.3) is 0 Å². The lowest BCUT2D eigenvalue weighted by Gasteiger charge is -2.47. The molecule has 5 N–H and O–H groups in total. The summed E-state index contributed by atoms with van der Waals surface area (Å²) in [6.07, 6.45) is 11.5. The molecule has 2 heterocycles. The number of pyridine rings is 1. The van der Waals surface area contributed by atoms with Gasteiger partial charge in [0, 0.05) is 23.5 Å². The lowest BCUT2D eigenvalue weighted by Crippen LogP contribution is -2.51. The fourth-order valence-electron chi connectivity index (χ4n) is 6.95. The highest BCUT2D eigenvalue weighted by atomic mass is 16.2. The van der Waals surface area contributed by atoms with Gasteiger partial charge in [0.05, 0.1) is 12.6 Å². The number of rotatable bonds is 9. The molecule has 1 atom stereocenters. The predicted molar refractivity (Wildman–Crippen MR) is 180 cm³/mol. The number of aromatic nitrogens is 1. The fraction of sp³-hybridized carbons (Fsp3) is 0.583. The Kier molecular flexibility index (Phi) is 9.11. The van der Waals surface area contributed by atoms with Gasteiger partial charge in [-0.05, 0) is 103 Å². The summed E-state index contributed by atoms with van der Waals surface area (Å²) in [5.74, 6) is 6.18. The van der Waals surface area contributed by atoms with Crippen molar-refractivity contribution in [1.82, 2.24) is 15.2 Å². The average Bonchev–Trinajstić information content (AvgIpc) is 3.82. The Balaban J connectivity index is 1.52. The van der Waals surface area contributed by atoms with Crippen molar-refractivity contribution in [3.63, 3.8) is 0 Å². The number of amides is 2. The van der Waals surface area contributed by atoms with Crippen LogP contribution in [0.4, 0.5) is 0 Å². The van der Waals surface area contributed by atoms with Gasteiger partial charge in [-0.2, -0.15) is 5.10 Å². The third-order valence-corrected chi connectivity index (χ3v) is 9.92. The minimum atomic E-state index is -0.610. The number of hydrazone groups is 1. The molecule has 0 bridgehead atoms. The topological polar surface area (TPSA) is 139 Å². The first-order valence-electron chi connectivity index (χ1n) is 16.5. The molecular formula is C36H51N7O2. The van der Waals surface area contributed by atoms with Crippen molar-refractivity contribution in [2.24, 2.45) is 38.4 Å². The van der Waals surface area contributed by atoms with Gasteiger partial charge in [0.2, 0.25) is 0 Å². The minimum absolute atomic E-state index is 0.0174. The Hall–Kier alpha value is -3.75. The Morgan fingerprint density at radius 3 is 2.31 bits per heavy atom. The number of nitrogens with two attached hydrogens (primary N) is 2. The fourth-order valence-corrected chi connectivity index (χ4v) is 6.95. The van der Waals surface area contributed by atoms with Gasteiger partial charge in [-0.25, -0.2) is 0 Å². The van der Waals surface area contributed by atoms with Gasteiger partial charge < -0.3 is 21.8 Å². The van der Waals surface area contributed by atoms with E-state index in [1.807, 2.05) is 30.5 Å². The molecule has 2 aliphatic carbocycles. The quantitative estimate of drug-likeness (QED) is 0.137. The predicted octanol–water partition coefficient (Wildman–Crippen LogP) is 6.05. The lowest BCUT2D eigenvalue weighted by atomic mass is 9.69. The van der Waals surface area contributed by atoms with Crippen molar-refractivity contribution in [1.29, 1.82) is 0 Å². The molecule has 1 aromatic carbocycles. The SMILES string of the molecule is CC(C)(C)CCC(c1ccc(C(=O)NC/C(N)=N/N)cc1)N1C(=O)C(c2cncc(C3CC3)c2)=NC12CCC(C(C)(C)C)CC2. The number of benzene rings is 1. The molecule has 5 rings (SSSR count). The Morgan fingerprint density at radius 2 is 1.73 bits per heavy atom. The van der Waals surface area contributed by atoms with Crippen LogP contribution >= 0.6 is 0 Å². The van der Waals surface area contributed by atoms with Gasteiger partial charge in [0.1, 0.15) is 17.2 Å². The molecule has 45 heavy (non-hydrogen) atoms. The molecule has 0 saturated heterocycles. The van der Waals surface area contributed by atoms with Gasteiger partial charge in [0.25, 0.3) is 11.8 Å². The number of hydrogen-bond acceptors (Lipinski definition) is 6. The standard InChI is InChI=1S/C36H51N7O2/c1-34(2,3)16-15-29(24-9-11-25(12-10-24)32(44)40-22-30(37)42-38)43-33(45)31(27-19-26(20-39-21-27)23-7-8-23)41-36(43)17-13-28(14-18-36)35(4,5)6/h9-12,19-21,23,28-29H,7-8,13-18,22,38H2,1-6H3,(H2,37,42)(H,40,44). The second kappa shape index (κ2) is 12.6. The molecule has 1 aromatic heterocycles. The van der Waals surface area contributed by atoms with Crippen LogP contribution in [0.15, 0.2) is 52.8 Å². The van der Waals surface area contributed by atoms with Gasteiger partial charge in [0.15, 0.2) is 0 Å². The number of amidine groups is 1. The zero-order valence-electron chi connectivity index (χ0n) is 27.9. The highest BCUT2D eigenvalue weighted by Gasteiger charge is 2.53. The van der Waals surface area contributed by atoms with E-state index in [9.17, 15) is 9.59 Å². The van der Waals surface area contributed by atoms with Crippen LogP contribution in [-0.2, 0) is 4.79 Å². The molecule has 242 valence electrons. The zero-order valence-corrected chi connectivity index (χ0v) is 27.9. The summed E-state index contributed by atoms with van der Waals surface area (Å²) in [7, 11) is 0. The number of carbonyl (C=O) groups is 2. The van der Waals surface area contributed by atoms with Gasteiger partial charge in [-0.15, -0.1) is 0 Å². The molecule has 1 unspecified atom stereocenters. The molecule has 9 heteroatoms. The Bertz CT molecular complexity index is 1450. The average molecular weight is 614 g/mol. The van der Waals surface area contributed by atoms with E-state index in [0.29, 0.717) is 23.1 Å². The van der Waals surface area contributed by atoms with Crippen molar-refractivity contribution in [2.75, 3.05) is 6.54 Å². The minimum Gasteiger partial charge on any atom is -0.384 e. The number of hydrogen-bond donors (Lipinski definition) is 3. The first-order chi connectivity index (χ1) is 21.2. The van der Waals surface area contributed by atoms with E-state index in [1.54, 1.807) is 6.20 Å². The van der Waals surface area contributed by atoms with Crippen molar-refractivity contribution in [2.45, 2.75) is 111 Å². The number of nitrogens with one attached hydrogen (secondary N) is 1. The molecule has 3 aliphatic rings. The second-order valence-corrected chi connectivity index (χ2v) is 15.6. The van der Waals surface area contributed by atoms with E-state index in [1.165, 1.54) is 18.4 Å². The molecule has 2 aromatic rings. The van der Waals surface area contributed by atoms with Crippen LogP contribution in [-0.4, -0.2) is 45.5 Å². The lowest BCUT2D eigenvalue weighted by molar-refractivity contribution is -0.134. The first kappa shape index (κ1) is 32.6. The summed E-state index contributed by atoms with van der Waals surface area (Å²) in [6, 6.07) is 9.55. The summed E-state index contributed by atoms with van der Waals surface area (Å²) in [6.45, 7) is 13.7. The summed E-state index contributed by atoms with van der Waals surface area (Å²) < 4.78 is 0. The van der Waals surface area contributed by atoms with E-state index in [4.69, 9.17) is 16.6 Å². The summed E-state index contributed by atoms with van der Waals surface area (Å²) in [4.78, 5) is 39.6. The van der Waals surface area contributed by atoms with Gasteiger partial charge in [-0.3, -0.25) is 19.6 Å². The molecule has 1 spiro atoms. The number of aliphatic imine (C=N–C) groups is 1. The summed E-state index contributed by atoms with van der Waals surface area (Å²) in [5, 5.41) is 6.16. The summed E-state index contributed by atoms with van der Waals surface area (Å²) >= 11 is 0. The third-order valence-electron chi connectivity index (χ3n) is 9.92. The second-order valence-electron chi connectivity index (χ2n) is 15.6. The molecule has 2 amide bonds. The van der Waals surface area contributed by atoms with Crippen LogP contribution in [0.3, 0.4) is 0 Å². The van der Waals surface area contributed by atoms with Crippen molar-refractivity contribution < 1.29 is 9.59 Å². The molecule has 2 saturated carbocycles. The van der Waals surface area contributed by atoms with Crippen LogP contribution in [0.1, 0.15) is 132 Å². The summed E-state index contributed by atoms with van der Waals surface area (Å²) in [5.41, 5.74) is 9.39. The smallest absolute Gasteiger partial charge is 0.275 e. The van der Waals surface area contributed by atoms with Gasteiger partial charge in [-0.1, -0.05) is 53.7 Å². The third kappa shape index (κ3) is 7.39. The van der Waals surface area contributed by atoms with Crippen molar-refractivity contribution in [3.8, 4) is 0 Å². The van der Waals surface area contributed by atoms with E-state index < -0.39 is 5.66 Å². The van der Waals surface area contributed by atoms with Crippen LogP contribution in [0.5, 0.6) is 0 Å². The zero-order chi connectivity index (χ0) is 32.6. The van der Waals surface area contributed by atoms with Crippen LogP contribution in [0.2, 0.25) is 0 Å². The van der Waals surface area contributed by atoms with Crippen molar-refractivity contribution >= 4 is 23.4 Å². The highest BCUT2D eigenvalue weighted by Crippen LogP contribution is 2.50. The maximum atomic E-state index is 14.7. The first-order valence-corrected chi connectivity index (χ1v) is 16.5. The maximum absolute atomic E-state index is 14.7. The largest absolute Gasteiger partial charge is 0.384 e. The maximum Gasteiger partial charge on any atom is 0.275 e. The van der Waals surface area contributed by atoms with Crippen molar-refractivity contribution in [3.05, 3.63) is 65.0 Å². The Morgan fingerprint density at radius 1 is 1.07 bits per heavy atom. The molecule has 1 aliphatic heterocycles. The number of carbonyl (C=O) groups excluding carboxylic acids is 2. The van der Waals surface area contributed by atoms with Gasteiger partial charge >= 0.3 is 0 Å². The van der Waals surface area contributed by atoms with E-state index in [0.717, 1.165) is 49.7 Å². The van der Waals surface area contributed by atoms with E-state index in [2.05, 4.69) is 67.9 Å². The van der Waals surface area contributed by atoms with E-state index >= 15 is 0 Å². The highest BCUT2D eigenvalue weighted by molar-refractivity contribution is 6.46. The van der Waals surface area contributed by atoms with Crippen LogP contribution in [0, 0.1) is 16.7 Å². The van der Waals surface area contributed by atoms with E-state index in [-0.39, 0.29) is 41.1 Å². The van der Waals surface area contributed by atoms with Crippen LogP contribution < -0.4 is 16.9 Å². The molecular weight excluding hydrogens is 562 g/mol. The molecule has 9 nitrogen and oxygen atoms in total. The normalized spacial score (nSPS) is 23.3. The monoisotopic (exact) mass is 613 g/mol. The Labute approximate surface area is 268 Å². The molecule has 2 fully saturated rings. The number of nitrogens with zero attached hydrogens (tertiary/aromatic N) is 4. The molecule has 0 radical (unpaired) electrons.